The average molecular weight is 224 g/mol. The lowest BCUT2D eigenvalue weighted by Gasteiger charge is -2.05. The second-order valence-corrected chi connectivity index (χ2v) is 3.93. The van der Waals surface area contributed by atoms with Crippen LogP contribution in [0, 0.1) is 6.92 Å². The highest BCUT2D eigenvalue weighted by Crippen LogP contribution is 2.22. The first-order valence-electron chi connectivity index (χ1n) is 5.45. The number of aryl methyl sites for hydroxylation is 1. The molecule has 84 valence electrons. The van der Waals surface area contributed by atoms with Gasteiger partial charge >= 0.3 is 0 Å². The Morgan fingerprint density at radius 2 is 1.94 bits per heavy atom. The summed E-state index contributed by atoms with van der Waals surface area (Å²) in [5, 5.41) is 3.28. The quantitative estimate of drug-likeness (QED) is 0.703. The minimum absolute atomic E-state index is 0.800. The van der Waals surface area contributed by atoms with Gasteiger partial charge in [0.1, 0.15) is 11.8 Å². The summed E-state index contributed by atoms with van der Waals surface area (Å²) in [5.74, 6) is 0.800. The zero-order chi connectivity index (χ0) is 11.7. The fourth-order valence-corrected chi connectivity index (χ4v) is 1.82. The van der Waals surface area contributed by atoms with E-state index in [1.807, 2.05) is 43.3 Å². The first-order chi connectivity index (χ1) is 8.33. The molecule has 2 N–H and O–H groups in total. The molecule has 0 aliphatic carbocycles. The highest BCUT2D eigenvalue weighted by atomic mass is 15.0. The van der Waals surface area contributed by atoms with Gasteiger partial charge in [-0.25, -0.2) is 9.97 Å². The Morgan fingerprint density at radius 3 is 2.76 bits per heavy atom. The Balaban J connectivity index is 2.06. The van der Waals surface area contributed by atoms with Gasteiger partial charge in [-0.2, -0.15) is 0 Å². The van der Waals surface area contributed by atoms with E-state index in [9.17, 15) is 0 Å². The lowest BCUT2D eigenvalue weighted by Crippen LogP contribution is -1.95. The number of aromatic nitrogens is 3. The molecule has 0 radical (unpaired) electrons. The van der Waals surface area contributed by atoms with Crippen LogP contribution >= 0.6 is 0 Å². The molecule has 0 bridgehead atoms. The number of aromatic amines is 1. The van der Waals surface area contributed by atoms with Gasteiger partial charge < -0.3 is 10.3 Å². The van der Waals surface area contributed by atoms with E-state index in [2.05, 4.69) is 20.3 Å². The smallest absolute Gasteiger partial charge is 0.158 e. The number of rotatable bonds is 2. The van der Waals surface area contributed by atoms with Gasteiger partial charge in [0.25, 0.3) is 0 Å². The van der Waals surface area contributed by atoms with Gasteiger partial charge in [0.2, 0.25) is 0 Å². The van der Waals surface area contributed by atoms with E-state index in [4.69, 9.17) is 0 Å². The SMILES string of the molecule is Cc1cc2ncnc(Nc3ccccc3)c2[nH]1. The van der Waals surface area contributed by atoms with Crippen molar-refractivity contribution in [2.24, 2.45) is 0 Å². The molecule has 0 saturated heterocycles. The van der Waals surface area contributed by atoms with Crippen molar-refractivity contribution in [3.63, 3.8) is 0 Å². The van der Waals surface area contributed by atoms with E-state index in [1.54, 1.807) is 6.33 Å². The van der Waals surface area contributed by atoms with Crippen molar-refractivity contribution in [2.75, 3.05) is 5.32 Å². The average Bonchev–Trinajstić information content (AvgIpc) is 2.72. The molecule has 0 aliphatic rings. The van der Waals surface area contributed by atoms with Gasteiger partial charge in [0.05, 0.1) is 5.52 Å². The van der Waals surface area contributed by atoms with Crippen LogP contribution in [0.1, 0.15) is 5.69 Å². The molecule has 0 spiro atoms. The molecule has 0 saturated carbocycles. The molecule has 0 unspecified atom stereocenters. The van der Waals surface area contributed by atoms with Crippen molar-refractivity contribution in [1.82, 2.24) is 15.0 Å². The molecule has 0 aliphatic heterocycles. The summed E-state index contributed by atoms with van der Waals surface area (Å²) in [6.45, 7) is 2.01. The largest absolute Gasteiger partial charge is 0.354 e. The molecule has 4 nitrogen and oxygen atoms in total. The number of fused-ring (bicyclic) bond motifs is 1. The van der Waals surface area contributed by atoms with Crippen molar-refractivity contribution >= 4 is 22.5 Å². The summed E-state index contributed by atoms with van der Waals surface area (Å²) in [4.78, 5) is 11.7. The molecule has 1 aromatic carbocycles. The van der Waals surface area contributed by atoms with Gasteiger partial charge in [-0.3, -0.25) is 0 Å². The Kier molecular flexibility index (Phi) is 2.26. The van der Waals surface area contributed by atoms with Crippen molar-refractivity contribution in [1.29, 1.82) is 0 Å². The molecule has 2 heterocycles. The van der Waals surface area contributed by atoms with Crippen LogP contribution in [-0.2, 0) is 0 Å². The normalized spacial score (nSPS) is 10.6. The summed E-state index contributed by atoms with van der Waals surface area (Å²) in [6.07, 6.45) is 1.57. The third kappa shape index (κ3) is 1.85. The van der Waals surface area contributed by atoms with Crippen molar-refractivity contribution in [3.05, 3.63) is 48.4 Å². The van der Waals surface area contributed by atoms with Crippen LogP contribution in [0.15, 0.2) is 42.7 Å². The van der Waals surface area contributed by atoms with Crippen LogP contribution < -0.4 is 5.32 Å². The molecule has 4 heteroatoms. The van der Waals surface area contributed by atoms with Crippen LogP contribution in [0.2, 0.25) is 0 Å². The van der Waals surface area contributed by atoms with E-state index in [0.29, 0.717) is 0 Å². The Labute approximate surface area is 98.7 Å². The Morgan fingerprint density at radius 1 is 1.12 bits per heavy atom. The number of nitrogens with one attached hydrogen (secondary N) is 2. The molecule has 3 rings (SSSR count). The highest BCUT2D eigenvalue weighted by molar-refractivity contribution is 5.88. The van der Waals surface area contributed by atoms with Gasteiger partial charge in [-0.15, -0.1) is 0 Å². The summed E-state index contributed by atoms with van der Waals surface area (Å²) in [6, 6.07) is 12.0. The minimum Gasteiger partial charge on any atom is -0.354 e. The second kappa shape index (κ2) is 3.90. The molecule has 0 fully saturated rings. The zero-order valence-corrected chi connectivity index (χ0v) is 9.44. The fourth-order valence-electron chi connectivity index (χ4n) is 1.82. The highest BCUT2D eigenvalue weighted by Gasteiger charge is 2.05. The number of hydrogen-bond donors (Lipinski definition) is 2. The van der Waals surface area contributed by atoms with Crippen LogP contribution in [0.4, 0.5) is 11.5 Å². The predicted octanol–water partition coefficient (Wildman–Crippen LogP) is 3.01. The van der Waals surface area contributed by atoms with Crippen LogP contribution in [0.25, 0.3) is 11.0 Å². The predicted molar refractivity (Wildman–Crippen MR) is 68.4 cm³/mol. The molecule has 0 amide bonds. The molecule has 2 aromatic heterocycles. The van der Waals surface area contributed by atoms with E-state index in [1.165, 1.54) is 0 Å². The zero-order valence-electron chi connectivity index (χ0n) is 9.44. The summed E-state index contributed by atoms with van der Waals surface area (Å²) in [7, 11) is 0. The standard InChI is InChI=1S/C13H12N4/c1-9-7-11-12(16-9)13(15-8-14-11)17-10-5-3-2-4-6-10/h2-8,16H,1H3,(H,14,15,17). The molecule has 17 heavy (non-hydrogen) atoms. The van der Waals surface area contributed by atoms with Gasteiger partial charge in [0.15, 0.2) is 5.82 Å². The van der Waals surface area contributed by atoms with Gasteiger partial charge in [-0.1, -0.05) is 18.2 Å². The molecular formula is C13H12N4. The van der Waals surface area contributed by atoms with Crippen molar-refractivity contribution in [2.45, 2.75) is 6.92 Å². The van der Waals surface area contributed by atoms with Gasteiger partial charge in [0, 0.05) is 11.4 Å². The van der Waals surface area contributed by atoms with E-state index in [-0.39, 0.29) is 0 Å². The number of anilines is 2. The van der Waals surface area contributed by atoms with E-state index >= 15 is 0 Å². The maximum absolute atomic E-state index is 4.26. The molecule has 3 aromatic rings. The Hall–Kier alpha value is -2.36. The molecule has 0 atom stereocenters. The number of hydrogen-bond acceptors (Lipinski definition) is 3. The summed E-state index contributed by atoms with van der Waals surface area (Å²) >= 11 is 0. The number of benzene rings is 1. The fraction of sp³-hybridized carbons (Fsp3) is 0.0769. The molecular weight excluding hydrogens is 212 g/mol. The monoisotopic (exact) mass is 224 g/mol. The van der Waals surface area contributed by atoms with E-state index < -0.39 is 0 Å². The summed E-state index contributed by atoms with van der Waals surface area (Å²) < 4.78 is 0. The first kappa shape index (κ1) is 9.84. The maximum atomic E-state index is 4.26. The lowest BCUT2D eigenvalue weighted by molar-refractivity contribution is 1.21. The van der Waals surface area contributed by atoms with Crippen molar-refractivity contribution < 1.29 is 0 Å². The van der Waals surface area contributed by atoms with Crippen LogP contribution in [-0.4, -0.2) is 15.0 Å². The number of nitrogens with zero attached hydrogens (tertiary/aromatic N) is 2. The third-order valence-corrected chi connectivity index (χ3v) is 2.59. The van der Waals surface area contributed by atoms with Crippen LogP contribution in [0.3, 0.4) is 0 Å². The van der Waals surface area contributed by atoms with E-state index in [0.717, 1.165) is 28.2 Å². The number of para-hydroxylation sites is 1. The van der Waals surface area contributed by atoms with Crippen LogP contribution in [0.5, 0.6) is 0 Å². The summed E-state index contributed by atoms with van der Waals surface area (Å²) in [5.41, 5.74) is 3.96. The van der Waals surface area contributed by atoms with Crippen molar-refractivity contribution in [3.8, 4) is 0 Å². The number of H-pyrrole nitrogens is 1. The van der Waals surface area contributed by atoms with Gasteiger partial charge in [-0.05, 0) is 25.1 Å². The topological polar surface area (TPSA) is 53.6 Å². The third-order valence-electron chi connectivity index (χ3n) is 2.59. The lowest BCUT2D eigenvalue weighted by atomic mass is 10.3. The minimum atomic E-state index is 0.800. The maximum Gasteiger partial charge on any atom is 0.158 e. The second-order valence-electron chi connectivity index (χ2n) is 3.93. The first-order valence-corrected chi connectivity index (χ1v) is 5.45. The Bertz CT molecular complexity index is 643.